The van der Waals surface area contributed by atoms with Crippen molar-refractivity contribution in [2.75, 3.05) is 7.11 Å². The van der Waals surface area contributed by atoms with Gasteiger partial charge in [-0.3, -0.25) is 9.59 Å². The van der Waals surface area contributed by atoms with Gasteiger partial charge in [-0.05, 0) is 45.0 Å². The number of esters is 1. The van der Waals surface area contributed by atoms with Crippen molar-refractivity contribution < 1.29 is 18.7 Å². The van der Waals surface area contributed by atoms with Gasteiger partial charge in [0, 0.05) is 21.0 Å². The van der Waals surface area contributed by atoms with Crippen molar-refractivity contribution >= 4 is 38.4 Å². The van der Waals surface area contributed by atoms with Crippen molar-refractivity contribution in [3.05, 3.63) is 58.1 Å². The fourth-order valence-electron chi connectivity index (χ4n) is 2.95. The van der Waals surface area contributed by atoms with Crippen LogP contribution in [0.25, 0.3) is 32.4 Å². The summed E-state index contributed by atoms with van der Waals surface area (Å²) in [6.45, 7) is 5.21. The SMILES string of the molecule is COc1ccc2oc(-c3csc4ccccc34)c(OC(=O)C(C)(C)C)c(=O)c2c1. The Morgan fingerprint density at radius 2 is 1.83 bits per heavy atom. The summed E-state index contributed by atoms with van der Waals surface area (Å²) in [6, 6.07) is 12.8. The quantitative estimate of drug-likeness (QED) is 0.411. The van der Waals surface area contributed by atoms with E-state index in [9.17, 15) is 9.59 Å². The second-order valence-electron chi connectivity index (χ2n) is 7.74. The van der Waals surface area contributed by atoms with E-state index in [0.29, 0.717) is 16.7 Å². The van der Waals surface area contributed by atoms with E-state index in [1.54, 1.807) is 39.0 Å². The molecule has 2 aromatic carbocycles. The van der Waals surface area contributed by atoms with E-state index in [-0.39, 0.29) is 11.5 Å². The van der Waals surface area contributed by atoms with Crippen molar-refractivity contribution in [1.82, 2.24) is 0 Å². The van der Waals surface area contributed by atoms with Crippen LogP contribution in [0, 0.1) is 5.41 Å². The lowest BCUT2D eigenvalue weighted by molar-refractivity contribution is -0.143. The molecule has 0 amide bonds. The van der Waals surface area contributed by atoms with Crippen molar-refractivity contribution in [3.63, 3.8) is 0 Å². The van der Waals surface area contributed by atoms with Crippen LogP contribution in [0.2, 0.25) is 0 Å². The third kappa shape index (κ3) is 3.40. The zero-order valence-corrected chi connectivity index (χ0v) is 17.4. The molecule has 2 aromatic heterocycles. The molecule has 5 nitrogen and oxygen atoms in total. The summed E-state index contributed by atoms with van der Waals surface area (Å²) in [5.41, 5.74) is -0.0641. The molecule has 0 bridgehead atoms. The number of thiophene rings is 1. The molecule has 0 radical (unpaired) electrons. The average molecular weight is 408 g/mol. The lowest BCUT2D eigenvalue weighted by Crippen LogP contribution is -2.28. The van der Waals surface area contributed by atoms with Crippen LogP contribution in [0.3, 0.4) is 0 Å². The van der Waals surface area contributed by atoms with Crippen LogP contribution in [0.4, 0.5) is 0 Å². The number of carbonyl (C=O) groups excluding carboxylic acids is 1. The maximum absolute atomic E-state index is 13.3. The Morgan fingerprint density at radius 1 is 1.07 bits per heavy atom. The summed E-state index contributed by atoms with van der Waals surface area (Å²) < 4.78 is 18.0. The van der Waals surface area contributed by atoms with Crippen LogP contribution in [-0.4, -0.2) is 13.1 Å². The monoisotopic (exact) mass is 408 g/mol. The predicted octanol–water partition coefficient (Wildman–Crippen LogP) is 5.63. The Balaban J connectivity index is 2.02. The zero-order valence-electron chi connectivity index (χ0n) is 16.6. The van der Waals surface area contributed by atoms with Crippen LogP contribution >= 0.6 is 11.3 Å². The minimum Gasteiger partial charge on any atom is -0.497 e. The van der Waals surface area contributed by atoms with E-state index in [1.165, 1.54) is 18.4 Å². The number of ether oxygens (including phenoxy) is 2. The van der Waals surface area contributed by atoms with Crippen molar-refractivity contribution in [2.24, 2.45) is 5.41 Å². The number of rotatable bonds is 3. The van der Waals surface area contributed by atoms with Gasteiger partial charge in [0.1, 0.15) is 11.3 Å². The summed E-state index contributed by atoms with van der Waals surface area (Å²) in [5.74, 6) is 0.163. The summed E-state index contributed by atoms with van der Waals surface area (Å²) in [6.07, 6.45) is 0. The molecular formula is C23H20O5S. The molecule has 0 aliphatic carbocycles. The summed E-state index contributed by atoms with van der Waals surface area (Å²) in [4.78, 5) is 25.9. The number of methoxy groups -OCH3 is 1. The van der Waals surface area contributed by atoms with Gasteiger partial charge in [0.25, 0.3) is 0 Å². The third-order valence-electron chi connectivity index (χ3n) is 4.59. The second-order valence-corrected chi connectivity index (χ2v) is 8.65. The van der Waals surface area contributed by atoms with E-state index < -0.39 is 16.8 Å². The van der Waals surface area contributed by atoms with Gasteiger partial charge < -0.3 is 13.9 Å². The highest BCUT2D eigenvalue weighted by Gasteiger charge is 2.28. The molecule has 4 rings (SSSR count). The normalized spacial score (nSPS) is 11.7. The fraction of sp³-hybridized carbons (Fsp3) is 0.217. The number of fused-ring (bicyclic) bond motifs is 2. The van der Waals surface area contributed by atoms with E-state index >= 15 is 0 Å². The Bertz CT molecular complexity index is 1290. The van der Waals surface area contributed by atoms with E-state index in [0.717, 1.165) is 15.6 Å². The summed E-state index contributed by atoms with van der Waals surface area (Å²) in [7, 11) is 1.52. The van der Waals surface area contributed by atoms with Crippen molar-refractivity contribution in [1.29, 1.82) is 0 Å². The first kappa shape index (κ1) is 19.2. The minimum absolute atomic E-state index is 0.103. The molecule has 0 atom stereocenters. The molecule has 2 heterocycles. The zero-order chi connectivity index (χ0) is 20.8. The molecule has 0 N–H and O–H groups in total. The largest absolute Gasteiger partial charge is 0.497 e. The van der Waals surface area contributed by atoms with Gasteiger partial charge in [-0.25, -0.2) is 0 Å². The van der Waals surface area contributed by atoms with Crippen LogP contribution in [0.5, 0.6) is 11.5 Å². The number of benzene rings is 2. The Labute approximate surface area is 171 Å². The van der Waals surface area contributed by atoms with Gasteiger partial charge in [-0.1, -0.05) is 18.2 Å². The molecule has 0 unspecified atom stereocenters. The Hall–Kier alpha value is -3.12. The van der Waals surface area contributed by atoms with E-state index in [1.807, 2.05) is 29.6 Å². The van der Waals surface area contributed by atoms with E-state index in [2.05, 4.69) is 0 Å². The summed E-state index contributed by atoms with van der Waals surface area (Å²) in [5, 5.41) is 3.14. The van der Waals surface area contributed by atoms with Crippen molar-refractivity contribution in [3.8, 4) is 22.8 Å². The molecule has 29 heavy (non-hydrogen) atoms. The average Bonchev–Trinajstić information content (AvgIpc) is 3.13. The number of hydrogen-bond donors (Lipinski definition) is 0. The highest BCUT2D eigenvalue weighted by Crippen LogP contribution is 2.39. The lowest BCUT2D eigenvalue weighted by Gasteiger charge is -2.17. The molecule has 0 saturated heterocycles. The fourth-order valence-corrected chi connectivity index (χ4v) is 3.89. The van der Waals surface area contributed by atoms with Gasteiger partial charge in [-0.15, -0.1) is 11.3 Å². The lowest BCUT2D eigenvalue weighted by atomic mass is 9.97. The van der Waals surface area contributed by atoms with Crippen LogP contribution in [-0.2, 0) is 4.79 Å². The summed E-state index contributed by atoms with van der Waals surface area (Å²) >= 11 is 1.54. The second kappa shape index (κ2) is 7.04. The third-order valence-corrected chi connectivity index (χ3v) is 5.55. The van der Waals surface area contributed by atoms with Crippen LogP contribution in [0.15, 0.2) is 57.1 Å². The molecule has 0 aliphatic heterocycles. The molecule has 148 valence electrons. The van der Waals surface area contributed by atoms with E-state index in [4.69, 9.17) is 13.9 Å². The van der Waals surface area contributed by atoms with Crippen molar-refractivity contribution in [2.45, 2.75) is 20.8 Å². The Morgan fingerprint density at radius 3 is 2.55 bits per heavy atom. The van der Waals surface area contributed by atoms with Gasteiger partial charge >= 0.3 is 5.97 Å². The topological polar surface area (TPSA) is 65.7 Å². The van der Waals surface area contributed by atoms with Crippen LogP contribution in [0.1, 0.15) is 20.8 Å². The number of hydrogen-bond acceptors (Lipinski definition) is 6. The predicted molar refractivity (Wildman–Crippen MR) is 115 cm³/mol. The molecule has 0 saturated carbocycles. The highest BCUT2D eigenvalue weighted by molar-refractivity contribution is 7.17. The molecule has 0 fully saturated rings. The smallest absolute Gasteiger partial charge is 0.316 e. The van der Waals surface area contributed by atoms with Crippen LogP contribution < -0.4 is 14.9 Å². The standard InChI is InChI=1S/C23H20O5S/c1-23(2,3)22(25)28-21-19(24)15-11-13(26-4)9-10-17(15)27-20(21)16-12-29-18-8-6-5-7-14(16)18/h5-12H,1-4H3. The van der Waals surface area contributed by atoms with Gasteiger partial charge in [0.15, 0.2) is 5.76 Å². The van der Waals surface area contributed by atoms with Gasteiger partial charge in [0.2, 0.25) is 11.2 Å². The number of carbonyl (C=O) groups is 1. The molecular weight excluding hydrogens is 388 g/mol. The van der Waals surface area contributed by atoms with Gasteiger partial charge in [0.05, 0.1) is 17.9 Å². The first-order valence-corrected chi connectivity index (χ1v) is 10.0. The maximum Gasteiger partial charge on any atom is 0.316 e. The Kier molecular flexibility index (Phi) is 4.67. The molecule has 4 aromatic rings. The minimum atomic E-state index is -0.774. The van der Waals surface area contributed by atoms with Gasteiger partial charge in [-0.2, -0.15) is 0 Å². The highest BCUT2D eigenvalue weighted by atomic mass is 32.1. The first-order valence-electron chi connectivity index (χ1n) is 9.13. The molecule has 6 heteroatoms. The maximum atomic E-state index is 13.3. The first-order chi connectivity index (χ1) is 13.8. The molecule has 0 aliphatic rings. The molecule has 0 spiro atoms.